The largest absolute Gasteiger partial charge is 0.324 e. The van der Waals surface area contributed by atoms with Gasteiger partial charge in [0, 0.05) is 10.7 Å². The number of hydrogen-bond donors (Lipinski definition) is 1. The van der Waals surface area contributed by atoms with E-state index < -0.39 is 9.24 Å². The third-order valence-electron chi connectivity index (χ3n) is 0.164. The Kier molecular flexibility index (Phi) is 2.04. The fourth-order valence-electron chi connectivity index (χ4n) is 0.0498. The highest BCUT2D eigenvalue weighted by atomic mass is 35.7. The Morgan fingerprint density at radius 2 is 2.00 bits per heavy atom. The van der Waals surface area contributed by atoms with Crippen LogP contribution in [0.2, 0.25) is 0 Å². The molecule has 1 N–H and O–H groups in total. The van der Waals surface area contributed by atoms with Crippen LogP contribution in [0, 0.1) is 0 Å². The Morgan fingerprint density at radius 1 is 1.57 bits per heavy atom. The fourth-order valence-corrected chi connectivity index (χ4v) is 0.244. The first-order valence-electron chi connectivity index (χ1n) is 1.15. The lowest BCUT2D eigenvalue weighted by Crippen LogP contribution is -2.14. The summed E-state index contributed by atoms with van der Waals surface area (Å²) in [5.41, 5.74) is 0. The average Bonchev–Trinajstić information content (AvgIpc) is 1.30. The maximum absolute atomic E-state index is 9.62. The Bertz CT molecular complexity index is 148. The summed E-state index contributed by atoms with van der Waals surface area (Å²) in [5, 5.41) is 0. The van der Waals surface area contributed by atoms with Gasteiger partial charge in [-0.15, -0.1) is 0 Å². The van der Waals surface area contributed by atoms with E-state index in [2.05, 4.69) is 10.7 Å². The van der Waals surface area contributed by atoms with Gasteiger partial charge in [-0.25, -0.2) is 4.72 Å². The zero-order chi connectivity index (χ0) is 5.91. The molecule has 0 saturated carbocycles. The summed E-state index contributed by atoms with van der Waals surface area (Å²) >= 11 is 0. The summed E-state index contributed by atoms with van der Waals surface area (Å²) in [6.45, 7) is 0. The standard InChI is InChI=1S/CHClNO3S/c2-7(5,6)3-1-4/h(H,3,4). The van der Waals surface area contributed by atoms with Crippen molar-refractivity contribution in [3.8, 4) is 0 Å². The summed E-state index contributed by atoms with van der Waals surface area (Å²) in [6.07, 6.45) is 0.888. The number of rotatable bonds is 2. The van der Waals surface area contributed by atoms with E-state index in [0.29, 0.717) is 0 Å². The maximum atomic E-state index is 9.62. The molecule has 0 aromatic carbocycles. The van der Waals surface area contributed by atoms with Gasteiger partial charge in [-0.05, 0) is 0 Å². The van der Waals surface area contributed by atoms with Gasteiger partial charge in [0.15, 0.2) is 0 Å². The highest BCUT2D eigenvalue weighted by Crippen LogP contribution is 1.83. The van der Waals surface area contributed by atoms with E-state index in [1.807, 2.05) is 0 Å². The molecular weight excluding hydrogens is 142 g/mol. The lowest BCUT2D eigenvalue weighted by Gasteiger charge is -1.81. The molecule has 0 rings (SSSR count). The zero-order valence-electron chi connectivity index (χ0n) is 3.01. The molecule has 0 aliphatic carbocycles. The molecule has 41 valence electrons. The summed E-state index contributed by atoms with van der Waals surface area (Å²) in [5.74, 6) is 0. The summed E-state index contributed by atoms with van der Waals surface area (Å²) < 4.78 is 20.5. The van der Waals surface area contributed by atoms with E-state index in [1.165, 1.54) is 4.72 Å². The molecule has 1 radical (unpaired) electrons. The summed E-state index contributed by atoms with van der Waals surface area (Å²) in [7, 11) is 0.556. The molecular formula is CHClNO3S. The molecule has 0 aliphatic rings. The van der Waals surface area contributed by atoms with Gasteiger partial charge >= 0.3 is 15.6 Å². The van der Waals surface area contributed by atoms with Crippen molar-refractivity contribution in [2.75, 3.05) is 0 Å². The van der Waals surface area contributed by atoms with Crippen molar-refractivity contribution in [2.24, 2.45) is 0 Å². The van der Waals surface area contributed by atoms with Crippen molar-refractivity contribution < 1.29 is 13.2 Å². The molecule has 0 atom stereocenters. The summed E-state index contributed by atoms with van der Waals surface area (Å²) in [4.78, 5) is 9.12. The van der Waals surface area contributed by atoms with Crippen LogP contribution in [0.25, 0.3) is 0 Å². The highest BCUT2D eigenvalue weighted by Gasteiger charge is 1.97. The van der Waals surface area contributed by atoms with Crippen molar-refractivity contribution in [1.82, 2.24) is 4.72 Å². The minimum atomic E-state index is -3.88. The average molecular weight is 143 g/mol. The number of hydrogen-bond acceptors (Lipinski definition) is 3. The second-order valence-corrected chi connectivity index (χ2v) is 2.94. The van der Waals surface area contributed by atoms with Crippen LogP contribution >= 0.6 is 10.7 Å². The predicted molar refractivity (Wildman–Crippen MR) is 23.6 cm³/mol. The second kappa shape index (κ2) is 2.13. The Morgan fingerprint density at radius 3 is 2.00 bits per heavy atom. The molecule has 0 fully saturated rings. The Hall–Kier alpha value is -0.290. The molecule has 6 heteroatoms. The third kappa shape index (κ3) is 5.71. The first-order valence-corrected chi connectivity index (χ1v) is 3.46. The molecule has 4 nitrogen and oxygen atoms in total. The molecule has 1 amide bonds. The zero-order valence-corrected chi connectivity index (χ0v) is 4.58. The molecule has 0 heterocycles. The van der Waals surface area contributed by atoms with Gasteiger partial charge in [0.1, 0.15) is 0 Å². The normalized spacial score (nSPS) is 10.4. The van der Waals surface area contributed by atoms with E-state index in [9.17, 15) is 8.42 Å². The van der Waals surface area contributed by atoms with E-state index in [4.69, 9.17) is 4.79 Å². The van der Waals surface area contributed by atoms with Crippen LogP contribution in [-0.2, 0) is 14.0 Å². The second-order valence-electron chi connectivity index (χ2n) is 0.642. The first-order chi connectivity index (χ1) is 3.06. The van der Waals surface area contributed by atoms with Gasteiger partial charge in [0.05, 0.1) is 0 Å². The molecule has 7 heavy (non-hydrogen) atoms. The lowest BCUT2D eigenvalue weighted by molar-refractivity contribution is 0.549. The van der Waals surface area contributed by atoms with Crippen LogP contribution in [0.15, 0.2) is 0 Å². The van der Waals surface area contributed by atoms with Crippen molar-refractivity contribution >= 4 is 26.3 Å². The van der Waals surface area contributed by atoms with Gasteiger partial charge in [0.2, 0.25) is 0 Å². The number of halogens is 1. The van der Waals surface area contributed by atoms with Gasteiger partial charge < -0.3 is 0 Å². The van der Waals surface area contributed by atoms with Crippen molar-refractivity contribution in [3.63, 3.8) is 0 Å². The predicted octanol–water partition coefficient (Wildman–Crippen LogP) is -0.873. The monoisotopic (exact) mass is 142 g/mol. The maximum Gasteiger partial charge on any atom is 0.324 e. The third-order valence-corrected chi connectivity index (χ3v) is 0.722. The quantitative estimate of drug-likeness (QED) is 0.403. The van der Waals surface area contributed by atoms with Crippen LogP contribution in [0.5, 0.6) is 0 Å². The Labute approximate surface area is 45.0 Å². The number of amides is 1. The van der Waals surface area contributed by atoms with Crippen LogP contribution < -0.4 is 4.72 Å². The topological polar surface area (TPSA) is 63.2 Å². The van der Waals surface area contributed by atoms with Crippen molar-refractivity contribution in [1.29, 1.82) is 0 Å². The molecule has 0 aliphatic heterocycles. The fraction of sp³-hybridized carbons (Fsp3) is 0. The smallest absolute Gasteiger partial charge is 0.262 e. The van der Waals surface area contributed by atoms with E-state index >= 15 is 0 Å². The van der Waals surface area contributed by atoms with Crippen LogP contribution in [0.3, 0.4) is 0 Å². The number of carbonyl (C=O) groups excluding carboxylic acids is 1. The van der Waals surface area contributed by atoms with Gasteiger partial charge in [-0.3, -0.25) is 4.79 Å². The summed E-state index contributed by atoms with van der Waals surface area (Å²) in [6, 6.07) is 0. The molecule has 0 bridgehead atoms. The first kappa shape index (κ1) is 6.71. The van der Waals surface area contributed by atoms with Crippen molar-refractivity contribution in [3.05, 3.63) is 0 Å². The lowest BCUT2D eigenvalue weighted by atomic mass is 11.5. The highest BCUT2D eigenvalue weighted by molar-refractivity contribution is 8.12. The Balaban J connectivity index is 3.84. The van der Waals surface area contributed by atoms with Crippen LogP contribution in [0.4, 0.5) is 0 Å². The molecule has 0 unspecified atom stereocenters. The molecule has 0 aromatic heterocycles. The minimum Gasteiger partial charge on any atom is -0.262 e. The van der Waals surface area contributed by atoms with E-state index in [-0.39, 0.29) is 0 Å². The molecule has 0 spiro atoms. The van der Waals surface area contributed by atoms with Gasteiger partial charge in [-0.1, -0.05) is 0 Å². The van der Waals surface area contributed by atoms with Crippen LogP contribution in [0.1, 0.15) is 0 Å². The van der Waals surface area contributed by atoms with E-state index in [0.717, 1.165) is 6.41 Å². The minimum absolute atomic E-state index is 0.888. The SMILES string of the molecule is O=[C]NS(=O)(=O)Cl. The van der Waals surface area contributed by atoms with E-state index in [1.54, 1.807) is 0 Å². The van der Waals surface area contributed by atoms with Crippen LogP contribution in [-0.4, -0.2) is 14.8 Å². The van der Waals surface area contributed by atoms with Crippen molar-refractivity contribution in [2.45, 2.75) is 0 Å². The van der Waals surface area contributed by atoms with Gasteiger partial charge in [-0.2, -0.15) is 8.42 Å². The molecule has 0 saturated heterocycles. The number of nitrogens with one attached hydrogen (secondary N) is 1. The molecule has 0 aromatic rings. The van der Waals surface area contributed by atoms with Gasteiger partial charge in [0.25, 0.3) is 0 Å².